The summed E-state index contributed by atoms with van der Waals surface area (Å²) in [6, 6.07) is 7.02. The number of benzene rings is 2. The highest BCUT2D eigenvalue weighted by molar-refractivity contribution is 7.92. The van der Waals surface area contributed by atoms with Gasteiger partial charge in [0.1, 0.15) is 6.04 Å². The fourth-order valence-corrected chi connectivity index (χ4v) is 3.93. The number of rotatable bonds is 6. The average Bonchev–Trinajstić information content (AvgIpc) is 2.57. The molecule has 1 unspecified atom stereocenters. The van der Waals surface area contributed by atoms with Crippen LogP contribution in [0.2, 0.25) is 0 Å². The van der Waals surface area contributed by atoms with Crippen LogP contribution in [0.5, 0.6) is 0 Å². The van der Waals surface area contributed by atoms with Crippen molar-refractivity contribution in [3.05, 3.63) is 59.2 Å². The fourth-order valence-electron chi connectivity index (χ4n) is 2.72. The Morgan fingerprint density at radius 2 is 1.74 bits per heavy atom. The molecule has 1 amide bonds. The third-order valence-corrected chi connectivity index (χ3v) is 5.44. The van der Waals surface area contributed by atoms with E-state index in [0.717, 1.165) is 33.8 Å². The van der Waals surface area contributed by atoms with Gasteiger partial charge in [-0.1, -0.05) is 13.0 Å². The van der Waals surface area contributed by atoms with Crippen LogP contribution >= 0.6 is 0 Å². The van der Waals surface area contributed by atoms with Crippen molar-refractivity contribution in [2.75, 3.05) is 15.9 Å². The standard InChI is InChI=1S/C19H22F2N2O3S/c1-5-18(19(24)22-14-7-9-16(20)17(21)11-14)23(27(4,25)26)15-8-6-12(2)13(3)10-15/h6-11,18H,5H2,1-4H3,(H,22,24). The number of hydrogen-bond donors (Lipinski definition) is 1. The molecule has 2 rings (SSSR count). The zero-order chi connectivity index (χ0) is 20.4. The summed E-state index contributed by atoms with van der Waals surface area (Å²) in [7, 11) is -3.77. The normalized spacial score (nSPS) is 12.5. The van der Waals surface area contributed by atoms with Gasteiger partial charge in [-0.3, -0.25) is 9.10 Å². The van der Waals surface area contributed by atoms with Crippen LogP contribution in [0.4, 0.5) is 20.2 Å². The van der Waals surface area contributed by atoms with Crippen LogP contribution in [0.25, 0.3) is 0 Å². The van der Waals surface area contributed by atoms with E-state index in [4.69, 9.17) is 0 Å². The Hall–Kier alpha value is -2.48. The summed E-state index contributed by atoms with van der Waals surface area (Å²) in [5.74, 6) is -2.77. The number of anilines is 2. The van der Waals surface area contributed by atoms with Gasteiger partial charge in [0.05, 0.1) is 11.9 Å². The number of carbonyl (C=O) groups is 1. The summed E-state index contributed by atoms with van der Waals surface area (Å²) in [4.78, 5) is 12.7. The number of nitrogens with zero attached hydrogens (tertiary/aromatic N) is 1. The van der Waals surface area contributed by atoms with Crippen molar-refractivity contribution in [2.24, 2.45) is 0 Å². The number of carbonyl (C=O) groups excluding carboxylic acids is 1. The molecule has 0 saturated heterocycles. The molecule has 8 heteroatoms. The maximum Gasteiger partial charge on any atom is 0.248 e. The quantitative estimate of drug-likeness (QED) is 0.808. The van der Waals surface area contributed by atoms with Gasteiger partial charge in [-0.05, 0) is 55.7 Å². The molecular weight excluding hydrogens is 374 g/mol. The minimum absolute atomic E-state index is 0.0471. The lowest BCUT2D eigenvalue weighted by Gasteiger charge is -2.30. The first-order valence-electron chi connectivity index (χ1n) is 8.37. The molecule has 146 valence electrons. The lowest BCUT2D eigenvalue weighted by molar-refractivity contribution is -0.117. The molecule has 27 heavy (non-hydrogen) atoms. The first-order chi connectivity index (χ1) is 12.5. The number of nitrogens with one attached hydrogen (secondary N) is 1. The van der Waals surface area contributed by atoms with Crippen LogP contribution in [0.15, 0.2) is 36.4 Å². The summed E-state index contributed by atoms with van der Waals surface area (Å²) in [5, 5.41) is 2.46. The Morgan fingerprint density at radius 3 is 2.26 bits per heavy atom. The van der Waals surface area contributed by atoms with E-state index in [-0.39, 0.29) is 12.1 Å². The Labute approximate surface area is 158 Å². The van der Waals surface area contributed by atoms with Gasteiger partial charge in [0, 0.05) is 11.8 Å². The lowest BCUT2D eigenvalue weighted by atomic mass is 10.1. The Bertz CT molecular complexity index is 961. The zero-order valence-electron chi connectivity index (χ0n) is 15.6. The van der Waals surface area contributed by atoms with Gasteiger partial charge in [-0.25, -0.2) is 17.2 Å². The van der Waals surface area contributed by atoms with Crippen molar-refractivity contribution in [1.82, 2.24) is 0 Å². The van der Waals surface area contributed by atoms with Gasteiger partial charge >= 0.3 is 0 Å². The second kappa shape index (κ2) is 8.04. The molecule has 2 aromatic rings. The molecule has 2 aromatic carbocycles. The van der Waals surface area contributed by atoms with Crippen LogP contribution in [0.1, 0.15) is 24.5 Å². The van der Waals surface area contributed by atoms with Gasteiger partial charge < -0.3 is 5.32 Å². The van der Waals surface area contributed by atoms with Crippen LogP contribution < -0.4 is 9.62 Å². The maximum atomic E-state index is 13.4. The second-order valence-electron chi connectivity index (χ2n) is 6.37. The minimum atomic E-state index is -3.77. The van der Waals surface area contributed by atoms with E-state index < -0.39 is 33.6 Å². The van der Waals surface area contributed by atoms with Crippen molar-refractivity contribution in [1.29, 1.82) is 0 Å². The Balaban J connectivity index is 2.40. The molecule has 0 radical (unpaired) electrons. The summed E-state index contributed by atoms with van der Waals surface area (Å²) in [6.07, 6.45) is 1.21. The second-order valence-corrected chi connectivity index (χ2v) is 8.23. The highest BCUT2D eigenvalue weighted by atomic mass is 32.2. The molecule has 1 atom stereocenters. The van der Waals surface area contributed by atoms with Crippen molar-refractivity contribution in [3.8, 4) is 0 Å². The molecule has 0 aliphatic rings. The van der Waals surface area contributed by atoms with E-state index >= 15 is 0 Å². The number of halogens is 2. The monoisotopic (exact) mass is 396 g/mol. The summed E-state index contributed by atoms with van der Waals surface area (Å²) in [6.45, 7) is 5.42. The van der Waals surface area contributed by atoms with Gasteiger partial charge in [-0.15, -0.1) is 0 Å². The van der Waals surface area contributed by atoms with E-state index in [0.29, 0.717) is 5.69 Å². The molecule has 5 nitrogen and oxygen atoms in total. The van der Waals surface area contributed by atoms with E-state index in [2.05, 4.69) is 5.32 Å². The lowest BCUT2D eigenvalue weighted by Crippen LogP contribution is -2.47. The maximum absolute atomic E-state index is 13.4. The van der Waals surface area contributed by atoms with Crippen LogP contribution in [-0.4, -0.2) is 26.6 Å². The molecule has 0 heterocycles. The predicted molar refractivity (Wildman–Crippen MR) is 102 cm³/mol. The molecule has 0 aliphatic heterocycles. The number of aryl methyl sites for hydroxylation is 2. The number of sulfonamides is 1. The molecule has 0 fully saturated rings. The zero-order valence-corrected chi connectivity index (χ0v) is 16.4. The summed E-state index contributed by atoms with van der Waals surface area (Å²) in [5.41, 5.74) is 2.29. The van der Waals surface area contributed by atoms with Gasteiger partial charge in [0.15, 0.2) is 11.6 Å². The van der Waals surface area contributed by atoms with Crippen LogP contribution in [0.3, 0.4) is 0 Å². The molecular formula is C19H22F2N2O3S. The van der Waals surface area contributed by atoms with Crippen LogP contribution in [0, 0.1) is 25.5 Å². The molecule has 0 aliphatic carbocycles. The number of amides is 1. The molecule has 0 bridgehead atoms. The Morgan fingerprint density at radius 1 is 1.07 bits per heavy atom. The topological polar surface area (TPSA) is 66.5 Å². The van der Waals surface area contributed by atoms with Gasteiger partial charge in [0.2, 0.25) is 15.9 Å². The molecule has 0 aromatic heterocycles. The van der Waals surface area contributed by atoms with E-state index in [1.165, 1.54) is 6.07 Å². The third kappa shape index (κ3) is 4.82. The van der Waals surface area contributed by atoms with Gasteiger partial charge in [-0.2, -0.15) is 0 Å². The van der Waals surface area contributed by atoms with Crippen molar-refractivity contribution >= 4 is 27.3 Å². The van der Waals surface area contributed by atoms with Gasteiger partial charge in [0.25, 0.3) is 0 Å². The first-order valence-corrected chi connectivity index (χ1v) is 10.2. The fraction of sp³-hybridized carbons (Fsp3) is 0.316. The van der Waals surface area contributed by atoms with Crippen LogP contribution in [-0.2, 0) is 14.8 Å². The van der Waals surface area contributed by atoms with Crippen molar-refractivity contribution < 1.29 is 22.0 Å². The predicted octanol–water partition coefficient (Wildman–Crippen LogP) is 3.76. The van der Waals surface area contributed by atoms with Crippen molar-refractivity contribution in [2.45, 2.75) is 33.2 Å². The molecule has 0 spiro atoms. The largest absolute Gasteiger partial charge is 0.324 e. The first kappa shape index (κ1) is 20.8. The Kier molecular flexibility index (Phi) is 6.20. The smallest absolute Gasteiger partial charge is 0.248 e. The van der Waals surface area contributed by atoms with Crippen molar-refractivity contribution in [3.63, 3.8) is 0 Å². The molecule has 1 N–H and O–H groups in total. The third-order valence-electron chi connectivity index (χ3n) is 4.26. The summed E-state index contributed by atoms with van der Waals surface area (Å²) < 4.78 is 52.3. The van der Waals surface area contributed by atoms with E-state index in [1.54, 1.807) is 25.1 Å². The summed E-state index contributed by atoms with van der Waals surface area (Å²) >= 11 is 0. The average molecular weight is 396 g/mol. The highest BCUT2D eigenvalue weighted by Crippen LogP contribution is 2.26. The SMILES string of the molecule is CCC(C(=O)Nc1ccc(F)c(F)c1)N(c1ccc(C)c(C)c1)S(C)(=O)=O. The van der Waals surface area contributed by atoms with E-state index in [1.807, 2.05) is 13.8 Å². The molecule has 0 saturated carbocycles. The number of hydrogen-bond acceptors (Lipinski definition) is 3. The highest BCUT2D eigenvalue weighted by Gasteiger charge is 2.31. The minimum Gasteiger partial charge on any atom is -0.324 e. The van der Waals surface area contributed by atoms with E-state index in [9.17, 15) is 22.0 Å².